The third-order valence-electron chi connectivity index (χ3n) is 2.75. The Bertz CT molecular complexity index is 846. The summed E-state index contributed by atoms with van der Waals surface area (Å²) in [5.41, 5.74) is -0.278. The number of ether oxygens (including phenoxy) is 1. The summed E-state index contributed by atoms with van der Waals surface area (Å²) in [7, 11) is 0. The lowest BCUT2D eigenvalue weighted by Gasteiger charge is -2.07. The molecule has 0 spiro atoms. The number of nitrogens with one attached hydrogen (secondary N) is 1. The van der Waals surface area contributed by atoms with Gasteiger partial charge in [0.05, 0.1) is 6.33 Å². The van der Waals surface area contributed by atoms with Crippen molar-refractivity contribution in [3.63, 3.8) is 0 Å². The maximum absolute atomic E-state index is 11.5. The molecule has 1 aromatic heterocycles. The van der Waals surface area contributed by atoms with Gasteiger partial charge in [0.15, 0.2) is 0 Å². The van der Waals surface area contributed by atoms with E-state index in [1.54, 1.807) is 0 Å². The number of aromatic amines is 1. The van der Waals surface area contributed by atoms with Gasteiger partial charge in [-0.2, -0.15) is 0 Å². The summed E-state index contributed by atoms with van der Waals surface area (Å²) in [6.07, 6.45) is 1.31. The van der Waals surface area contributed by atoms with Gasteiger partial charge in [-0.1, -0.05) is 28.1 Å². The molecule has 6 heteroatoms. The molecule has 1 heterocycles. The maximum atomic E-state index is 11.5. The molecular weight excluding hydrogens is 388 g/mol. The van der Waals surface area contributed by atoms with E-state index in [9.17, 15) is 4.79 Å². The van der Waals surface area contributed by atoms with Gasteiger partial charge in [0.25, 0.3) is 5.56 Å². The van der Waals surface area contributed by atoms with Crippen LogP contribution < -0.4 is 10.3 Å². The highest BCUT2D eigenvalue weighted by Crippen LogP contribution is 2.28. The van der Waals surface area contributed by atoms with Gasteiger partial charge in [-0.25, -0.2) is 4.98 Å². The lowest BCUT2D eigenvalue weighted by Crippen LogP contribution is -2.08. The fraction of sp³-hybridized carbons (Fsp3) is 0. The first-order chi connectivity index (χ1) is 9.63. The first-order valence-electron chi connectivity index (χ1n) is 5.74. The van der Waals surface area contributed by atoms with Gasteiger partial charge in [-0.3, -0.25) is 4.79 Å². The van der Waals surface area contributed by atoms with Crippen LogP contribution in [0.4, 0.5) is 0 Å². The number of rotatable bonds is 2. The first kappa shape index (κ1) is 13.3. The molecule has 0 aliphatic carbocycles. The molecule has 100 valence electrons. The van der Waals surface area contributed by atoms with E-state index in [0.717, 1.165) is 15.2 Å². The van der Waals surface area contributed by atoms with E-state index in [1.807, 2.05) is 36.4 Å². The van der Waals surface area contributed by atoms with E-state index >= 15 is 0 Å². The first-order valence-corrected chi connectivity index (χ1v) is 7.32. The molecule has 0 saturated heterocycles. The average Bonchev–Trinajstić information content (AvgIpc) is 2.44. The highest BCUT2D eigenvalue weighted by molar-refractivity contribution is 9.10. The van der Waals surface area contributed by atoms with E-state index in [4.69, 9.17) is 4.74 Å². The van der Waals surface area contributed by atoms with Gasteiger partial charge in [0.1, 0.15) is 10.2 Å². The van der Waals surface area contributed by atoms with E-state index in [1.165, 1.54) is 6.33 Å². The van der Waals surface area contributed by atoms with Crippen LogP contribution in [0.15, 0.2) is 56.5 Å². The summed E-state index contributed by atoms with van der Waals surface area (Å²) >= 11 is 6.60. The predicted molar refractivity (Wildman–Crippen MR) is 84.3 cm³/mol. The molecule has 3 aromatic rings. The second-order valence-corrected chi connectivity index (χ2v) is 5.81. The Morgan fingerprint density at radius 3 is 2.65 bits per heavy atom. The summed E-state index contributed by atoms with van der Waals surface area (Å²) in [5.74, 6) is 0.865. The van der Waals surface area contributed by atoms with E-state index in [-0.39, 0.29) is 15.9 Å². The molecule has 0 saturated carbocycles. The van der Waals surface area contributed by atoms with Crippen molar-refractivity contribution >= 4 is 42.6 Å². The van der Waals surface area contributed by atoms with Gasteiger partial charge in [-0.15, -0.1) is 0 Å². The fourth-order valence-electron chi connectivity index (χ4n) is 1.81. The number of nitrogens with zero attached hydrogens (tertiary/aromatic N) is 1. The quantitative estimate of drug-likeness (QED) is 0.705. The minimum atomic E-state index is -0.278. The number of halogens is 2. The monoisotopic (exact) mass is 394 g/mol. The highest BCUT2D eigenvalue weighted by Gasteiger charge is 2.08. The number of aromatic nitrogens is 2. The van der Waals surface area contributed by atoms with E-state index < -0.39 is 0 Å². The summed E-state index contributed by atoms with van der Waals surface area (Å²) in [4.78, 5) is 17.9. The average molecular weight is 396 g/mol. The molecular formula is C14H8Br2N2O2. The molecule has 0 unspecified atom stereocenters. The van der Waals surface area contributed by atoms with Crippen molar-refractivity contribution in [2.75, 3.05) is 0 Å². The van der Waals surface area contributed by atoms with E-state index in [2.05, 4.69) is 41.8 Å². The van der Waals surface area contributed by atoms with Crippen LogP contribution in [0.3, 0.4) is 0 Å². The standard InChI is InChI=1S/C14H8Br2N2O2/c15-10-3-1-9-6-11(4-2-8(9)5-10)20-14-12(16)13(19)17-7-18-14/h1-7H,(H,17,18,19). The second kappa shape index (κ2) is 5.38. The fourth-order valence-corrected chi connectivity index (χ4v) is 2.48. The Morgan fingerprint density at radius 2 is 1.80 bits per heavy atom. The molecule has 4 nitrogen and oxygen atoms in total. The number of fused-ring (bicyclic) bond motifs is 1. The van der Waals surface area contributed by atoms with Crippen molar-refractivity contribution in [2.45, 2.75) is 0 Å². The summed E-state index contributed by atoms with van der Waals surface area (Å²) in [6.45, 7) is 0. The number of benzene rings is 2. The molecule has 0 aliphatic rings. The Labute approximate surface area is 131 Å². The van der Waals surface area contributed by atoms with Gasteiger partial charge in [-0.05, 0) is 51.0 Å². The van der Waals surface area contributed by atoms with Crippen molar-refractivity contribution in [1.82, 2.24) is 9.97 Å². The molecule has 0 bridgehead atoms. The summed E-state index contributed by atoms with van der Waals surface area (Å²) in [5, 5.41) is 2.15. The number of hydrogen-bond donors (Lipinski definition) is 1. The van der Waals surface area contributed by atoms with Crippen molar-refractivity contribution in [1.29, 1.82) is 0 Å². The summed E-state index contributed by atoms with van der Waals surface area (Å²) < 4.78 is 6.94. The Balaban J connectivity index is 2.01. The largest absolute Gasteiger partial charge is 0.438 e. The third kappa shape index (κ3) is 2.62. The van der Waals surface area contributed by atoms with Crippen molar-refractivity contribution < 1.29 is 4.74 Å². The smallest absolute Gasteiger partial charge is 0.268 e. The van der Waals surface area contributed by atoms with Gasteiger partial charge >= 0.3 is 0 Å². The van der Waals surface area contributed by atoms with Crippen molar-refractivity contribution in [2.24, 2.45) is 0 Å². The molecule has 0 atom stereocenters. The zero-order valence-electron chi connectivity index (χ0n) is 10.1. The predicted octanol–water partition coefficient (Wildman–Crippen LogP) is 4.24. The number of H-pyrrole nitrogens is 1. The van der Waals surface area contributed by atoms with Gasteiger partial charge < -0.3 is 9.72 Å². The number of hydrogen-bond acceptors (Lipinski definition) is 3. The van der Waals surface area contributed by atoms with Crippen LogP contribution in [0, 0.1) is 0 Å². The van der Waals surface area contributed by atoms with Crippen molar-refractivity contribution in [3.8, 4) is 11.6 Å². The van der Waals surface area contributed by atoms with Gasteiger partial charge in [0.2, 0.25) is 5.88 Å². The molecule has 0 radical (unpaired) electrons. The van der Waals surface area contributed by atoms with Crippen LogP contribution in [0.25, 0.3) is 10.8 Å². The van der Waals surface area contributed by atoms with E-state index in [0.29, 0.717) is 5.75 Å². The lowest BCUT2D eigenvalue weighted by molar-refractivity contribution is 0.457. The Morgan fingerprint density at radius 1 is 1.05 bits per heavy atom. The molecule has 0 fully saturated rings. The van der Waals surface area contributed by atoms with Crippen LogP contribution in [-0.2, 0) is 0 Å². The molecule has 20 heavy (non-hydrogen) atoms. The lowest BCUT2D eigenvalue weighted by atomic mass is 10.1. The molecule has 1 N–H and O–H groups in total. The second-order valence-electron chi connectivity index (χ2n) is 4.11. The molecule has 2 aromatic carbocycles. The zero-order chi connectivity index (χ0) is 14.1. The maximum Gasteiger partial charge on any atom is 0.268 e. The third-order valence-corrected chi connectivity index (χ3v) is 3.95. The van der Waals surface area contributed by atoms with Crippen molar-refractivity contribution in [3.05, 3.63) is 62.0 Å². The highest BCUT2D eigenvalue weighted by atomic mass is 79.9. The normalized spacial score (nSPS) is 10.7. The SMILES string of the molecule is O=c1[nH]cnc(Oc2ccc3cc(Br)ccc3c2)c1Br. The van der Waals surface area contributed by atoms with Crippen LogP contribution in [0.1, 0.15) is 0 Å². The topological polar surface area (TPSA) is 55.0 Å². The minimum absolute atomic E-state index is 0.241. The van der Waals surface area contributed by atoms with Crippen LogP contribution in [0.2, 0.25) is 0 Å². The minimum Gasteiger partial charge on any atom is -0.438 e. The Hall–Kier alpha value is -1.66. The molecule has 0 aliphatic heterocycles. The van der Waals surface area contributed by atoms with Crippen LogP contribution in [0.5, 0.6) is 11.6 Å². The van der Waals surface area contributed by atoms with Crippen LogP contribution in [-0.4, -0.2) is 9.97 Å². The van der Waals surface area contributed by atoms with Crippen LogP contribution >= 0.6 is 31.9 Å². The van der Waals surface area contributed by atoms with Gasteiger partial charge in [0, 0.05) is 4.47 Å². The molecule has 0 amide bonds. The Kier molecular flexibility index (Phi) is 3.58. The summed E-state index contributed by atoms with van der Waals surface area (Å²) in [6, 6.07) is 11.7. The molecule has 3 rings (SSSR count). The zero-order valence-corrected chi connectivity index (χ0v) is 13.2.